The monoisotopic (exact) mass is 369 g/mol. The van der Waals surface area contributed by atoms with Crippen molar-refractivity contribution in [3.63, 3.8) is 0 Å². The van der Waals surface area contributed by atoms with Gasteiger partial charge in [0.2, 0.25) is 10.0 Å². The van der Waals surface area contributed by atoms with Gasteiger partial charge in [-0.25, -0.2) is 18.2 Å². The zero-order chi connectivity index (χ0) is 18.2. The van der Waals surface area contributed by atoms with Crippen LogP contribution in [0.15, 0.2) is 53.5 Å². The van der Waals surface area contributed by atoms with E-state index in [1.165, 1.54) is 24.3 Å². The van der Waals surface area contributed by atoms with Crippen molar-refractivity contribution in [2.24, 2.45) is 5.14 Å². The maximum Gasteiger partial charge on any atom is 0.435 e. The average molecular weight is 369 g/mol. The number of sulfonamides is 1. The highest BCUT2D eigenvalue weighted by atomic mass is 32.2. The molecule has 0 fully saturated rings. The van der Waals surface area contributed by atoms with Crippen LogP contribution in [-0.4, -0.2) is 18.2 Å². The zero-order valence-corrected chi connectivity index (χ0v) is 13.7. The minimum atomic E-state index is -4.58. The van der Waals surface area contributed by atoms with Gasteiger partial charge in [0.25, 0.3) is 0 Å². The normalized spacial score (nSPS) is 15.3. The molecule has 1 aliphatic rings. The number of aromatic nitrogens is 2. The first kappa shape index (κ1) is 17.4. The van der Waals surface area contributed by atoms with E-state index in [-0.39, 0.29) is 10.6 Å². The average Bonchev–Trinajstić information content (AvgIpc) is 3.00. The minimum absolute atomic E-state index is 0.127. The molecule has 25 heavy (non-hydrogen) atoms. The largest absolute Gasteiger partial charge is 0.435 e. The van der Waals surface area contributed by atoms with Gasteiger partial charge in [-0.1, -0.05) is 18.2 Å². The lowest BCUT2D eigenvalue weighted by Gasteiger charge is -2.11. The van der Waals surface area contributed by atoms with Crippen LogP contribution in [0.3, 0.4) is 0 Å². The summed E-state index contributed by atoms with van der Waals surface area (Å²) >= 11 is 0. The van der Waals surface area contributed by atoms with Crippen molar-refractivity contribution in [3.05, 3.63) is 59.9 Å². The lowest BCUT2D eigenvalue weighted by atomic mass is 10.0. The van der Waals surface area contributed by atoms with Gasteiger partial charge < -0.3 is 0 Å². The van der Waals surface area contributed by atoms with Crippen LogP contribution in [0, 0.1) is 0 Å². The van der Waals surface area contributed by atoms with Crippen molar-refractivity contribution >= 4 is 15.6 Å². The second kappa shape index (κ2) is 6.16. The first-order chi connectivity index (χ1) is 11.7. The van der Waals surface area contributed by atoms with Crippen molar-refractivity contribution in [2.45, 2.75) is 23.9 Å². The number of rotatable bonds is 3. The second-order valence-electron chi connectivity index (χ2n) is 5.50. The first-order valence-corrected chi connectivity index (χ1v) is 8.88. The fraction of sp³-hybridized carbons (Fsp3) is 0.188. The molecule has 1 aromatic carbocycles. The molecule has 2 N–H and O–H groups in total. The van der Waals surface area contributed by atoms with E-state index in [1.54, 1.807) is 6.08 Å². The summed E-state index contributed by atoms with van der Waals surface area (Å²) in [6, 6.07) is 6.17. The Balaban J connectivity index is 2.12. The zero-order valence-electron chi connectivity index (χ0n) is 12.9. The standard InChI is InChI=1S/C16H14F3N3O2S/c17-16(18,19)15-10-14(11-4-2-1-3-5-11)22(21-15)12-6-8-13(9-7-12)25(20,23)24/h2,4-10H,1,3H2,(H2,20,23,24). The number of hydrogen-bond acceptors (Lipinski definition) is 3. The summed E-state index contributed by atoms with van der Waals surface area (Å²) in [6.07, 6.45) is 2.43. The van der Waals surface area contributed by atoms with Gasteiger partial charge in [0.1, 0.15) is 0 Å². The van der Waals surface area contributed by atoms with Gasteiger partial charge in [0, 0.05) is 0 Å². The molecule has 0 saturated carbocycles. The summed E-state index contributed by atoms with van der Waals surface area (Å²) < 4.78 is 63.0. The summed E-state index contributed by atoms with van der Waals surface area (Å²) in [5.41, 5.74) is 0.201. The number of alkyl halides is 3. The van der Waals surface area contributed by atoms with E-state index in [1.807, 2.05) is 12.2 Å². The molecule has 0 spiro atoms. The molecule has 0 atom stereocenters. The molecule has 5 nitrogen and oxygen atoms in total. The SMILES string of the molecule is NS(=O)(=O)c1ccc(-n2nc(C(F)(F)F)cc2C2=CCCC=C2)cc1. The summed E-state index contributed by atoms with van der Waals surface area (Å²) in [6.45, 7) is 0. The fourth-order valence-corrected chi connectivity index (χ4v) is 3.02. The van der Waals surface area contributed by atoms with Crippen LogP contribution in [0.1, 0.15) is 24.2 Å². The van der Waals surface area contributed by atoms with Gasteiger partial charge in [-0.3, -0.25) is 0 Å². The van der Waals surface area contributed by atoms with Crippen LogP contribution >= 0.6 is 0 Å². The Labute approximate surface area is 142 Å². The predicted octanol–water partition coefficient (Wildman–Crippen LogP) is 3.27. The molecular formula is C16H14F3N3O2S. The summed E-state index contributed by atoms with van der Waals surface area (Å²) in [4.78, 5) is -0.127. The smallest absolute Gasteiger partial charge is 0.233 e. The third-order valence-electron chi connectivity index (χ3n) is 3.70. The Morgan fingerprint density at radius 2 is 1.80 bits per heavy atom. The van der Waals surface area contributed by atoms with Crippen molar-refractivity contribution in [1.82, 2.24) is 9.78 Å². The van der Waals surface area contributed by atoms with Gasteiger partial charge in [0.15, 0.2) is 5.69 Å². The Bertz CT molecular complexity index is 956. The number of nitrogens with zero attached hydrogens (tertiary/aromatic N) is 2. The van der Waals surface area contributed by atoms with E-state index in [2.05, 4.69) is 5.10 Å². The van der Waals surface area contributed by atoms with Gasteiger partial charge in [-0.2, -0.15) is 18.3 Å². The molecule has 3 rings (SSSR count). The molecular weight excluding hydrogens is 355 g/mol. The number of allylic oxidation sites excluding steroid dienone is 4. The molecule has 0 amide bonds. The molecule has 0 radical (unpaired) electrons. The quantitative estimate of drug-likeness (QED) is 0.902. The molecule has 0 saturated heterocycles. The van der Waals surface area contributed by atoms with E-state index >= 15 is 0 Å². The van der Waals surface area contributed by atoms with Crippen molar-refractivity contribution in [3.8, 4) is 5.69 Å². The number of halogens is 3. The maximum atomic E-state index is 13.1. The van der Waals surface area contributed by atoms with Gasteiger partial charge in [-0.05, 0) is 48.7 Å². The van der Waals surface area contributed by atoms with E-state index in [0.29, 0.717) is 11.3 Å². The summed E-state index contributed by atoms with van der Waals surface area (Å²) in [7, 11) is -3.88. The minimum Gasteiger partial charge on any atom is -0.233 e. The van der Waals surface area contributed by atoms with Gasteiger partial charge in [-0.15, -0.1) is 0 Å². The van der Waals surface area contributed by atoms with E-state index in [9.17, 15) is 21.6 Å². The lowest BCUT2D eigenvalue weighted by Crippen LogP contribution is -2.12. The third kappa shape index (κ3) is 3.67. The maximum absolute atomic E-state index is 13.1. The highest BCUT2D eigenvalue weighted by Crippen LogP contribution is 2.33. The molecule has 132 valence electrons. The van der Waals surface area contributed by atoms with Crippen LogP contribution in [0.5, 0.6) is 0 Å². The van der Waals surface area contributed by atoms with E-state index in [4.69, 9.17) is 5.14 Å². The highest BCUT2D eigenvalue weighted by molar-refractivity contribution is 7.89. The number of nitrogens with two attached hydrogens (primary N) is 1. The van der Waals surface area contributed by atoms with Crippen molar-refractivity contribution < 1.29 is 21.6 Å². The van der Waals surface area contributed by atoms with E-state index in [0.717, 1.165) is 23.6 Å². The molecule has 2 aromatic rings. The fourth-order valence-electron chi connectivity index (χ4n) is 2.50. The Morgan fingerprint density at radius 1 is 1.12 bits per heavy atom. The van der Waals surface area contributed by atoms with Gasteiger partial charge in [0.05, 0.1) is 16.3 Å². The molecule has 0 bridgehead atoms. The second-order valence-corrected chi connectivity index (χ2v) is 7.06. The lowest BCUT2D eigenvalue weighted by molar-refractivity contribution is -0.141. The number of benzene rings is 1. The number of hydrogen-bond donors (Lipinski definition) is 1. The van der Waals surface area contributed by atoms with Crippen LogP contribution in [0.4, 0.5) is 13.2 Å². The van der Waals surface area contributed by atoms with Crippen LogP contribution in [0.2, 0.25) is 0 Å². The Morgan fingerprint density at radius 3 is 2.32 bits per heavy atom. The summed E-state index contributed by atoms with van der Waals surface area (Å²) in [5, 5.41) is 8.69. The van der Waals surface area contributed by atoms with E-state index < -0.39 is 21.9 Å². The topological polar surface area (TPSA) is 78.0 Å². The molecule has 0 unspecified atom stereocenters. The van der Waals surface area contributed by atoms with Crippen LogP contribution < -0.4 is 5.14 Å². The summed E-state index contributed by atoms with van der Waals surface area (Å²) in [5.74, 6) is 0. The van der Waals surface area contributed by atoms with Crippen molar-refractivity contribution in [1.29, 1.82) is 0 Å². The van der Waals surface area contributed by atoms with Crippen LogP contribution in [-0.2, 0) is 16.2 Å². The highest BCUT2D eigenvalue weighted by Gasteiger charge is 2.35. The predicted molar refractivity (Wildman–Crippen MR) is 86.3 cm³/mol. The molecule has 1 heterocycles. The van der Waals surface area contributed by atoms with Crippen molar-refractivity contribution in [2.75, 3.05) is 0 Å². The Hall–Kier alpha value is -2.39. The molecule has 1 aliphatic carbocycles. The third-order valence-corrected chi connectivity index (χ3v) is 4.63. The molecule has 1 aromatic heterocycles. The number of primary sulfonamides is 1. The molecule has 9 heteroatoms. The molecule has 0 aliphatic heterocycles. The van der Waals surface area contributed by atoms with Crippen LogP contribution in [0.25, 0.3) is 11.3 Å². The Kier molecular flexibility index (Phi) is 4.29. The first-order valence-electron chi connectivity index (χ1n) is 7.34. The van der Waals surface area contributed by atoms with Gasteiger partial charge >= 0.3 is 6.18 Å².